The van der Waals surface area contributed by atoms with E-state index in [1.54, 1.807) is 41.3 Å². The summed E-state index contributed by atoms with van der Waals surface area (Å²) in [5.74, 6) is -0.353. The topological polar surface area (TPSA) is 84.0 Å². The van der Waals surface area contributed by atoms with E-state index in [1.165, 1.54) is 22.5 Å². The van der Waals surface area contributed by atoms with Crippen LogP contribution in [0.25, 0.3) is 0 Å². The summed E-state index contributed by atoms with van der Waals surface area (Å²) in [6, 6.07) is 18.0. The number of sulfonamides is 1. The van der Waals surface area contributed by atoms with E-state index >= 15 is 0 Å². The normalized spacial score (nSPS) is 15.5. The molecule has 5 rings (SSSR count). The molecule has 174 valence electrons. The van der Waals surface area contributed by atoms with Crippen LogP contribution in [0.4, 0.5) is 11.4 Å². The van der Waals surface area contributed by atoms with Gasteiger partial charge in [-0.1, -0.05) is 29.8 Å². The molecule has 0 aromatic heterocycles. The van der Waals surface area contributed by atoms with Gasteiger partial charge in [0.2, 0.25) is 5.91 Å². The second kappa shape index (κ2) is 8.77. The van der Waals surface area contributed by atoms with Gasteiger partial charge in [-0.25, -0.2) is 13.2 Å². The lowest BCUT2D eigenvalue weighted by Crippen LogP contribution is -2.29. The van der Waals surface area contributed by atoms with Crippen molar-refractivity contribution < 1.29 is 22.7 Å². The third-order valence-electron chi connectivity index (χ3n) is 6.01. The number of amides is 1. The van der Waals surface area contributed by atoms with E-state index in [1.807, 2.05) is 12.1 Å². The van der Waals surface area contributed by atoms with Crippen LogP contribution in [0.3, 0.4) is 0 Å². The van der Waals surface area contributed by atoms with E-state index in [9.17, 15) is 18.0 Å². The number of anilines is 2. The van der Waals surface area contributed by atoms with Crippen LogP contribution in [-0.4, -0.2) is 33.4 Å². The molecule has 0 unspecified atom stereocenters. The largest absolute Gasteiger partial charge is 0.423 e. The Morgan fingerprint density at radius 3 is 2.44 bits per heavy atom. The molecular formula is C25H21ClN2O5S. The Bertz CT molecular complexity index is 1390. The molecule has 1 saturated heterocycles. The molecule has 2 aliphatic heterocycles. The number of hydrogen-bond acceptors (Lipinski definition) is 5. The number of para-hydroxylation sites is 1. The van der Waals surface area contributed by atoms with Crippen LogP contribution in [-0.2, 0) is 21.2 Å². The first-order valence-corrected chi connectivity index (χ1v) is 12.7. The van der Waals surface area contributed by atoms with Crippen molar-refractivity contribution in [1.82, 2.24) is 0 Å². The van der Waals surface area contributed by atoms with Crippen LogP contribution in [0.15, 0.2) is 71.6 Å². The Hall–Kier alpha value is -3.36. The Balaban J connectivity index is 1.37. The second-order valence-electron chi connectivity index (χ2n) is 8.13. The van der Waals surface area contributed by atoms with Crippen LogP contribution in [0, 0.1) is 0 Å². The second-order valence-corrected chi connectivity index (χ2v) is 10.4. The minimum Gasteiger partial charge on any atom is -0.423 e. The van der Waals surface area contributed by atoms with E-state index in [2.05, 4.69) is 0 Å². The minimum absolute atomic E-state index is 0.0283. The van der Waals surface area contributed by atoms with Gasteiger partial charge in [0.1, 0.15) is 10.6 Å². The van der Waals surface area contributed by atoms with Gasteiger partial charge in [0, 0.05) is 25.2 Å². The monoisotopic (exact) mass is 496 g/mol. The third kappa shape index (κ3) is 4.03. The number of nitrogens with zero attached hydrogens (tertiary/aromatic N) is 2. The first-order chi connectivity index (χ1) is 16.3. The lowest BCUT2D eigenvalue weighted by molar-refractivity contribution is -0.117. The van der Waals surface area contributed by atoms with Gasteiger partial charge in [0.05, 0.1) is 16.3 Å². The first kappa shape index (κ1) is 22.4. The Kier molecular flexibility index (Phi) is 5.79. The summed E-state index contributed by atoms with van der Waals surface area (Å²) in [5.41, 5.74) is 2.36. The zero-order valence-electron chi connectivity index (χ0n) is 18.1. The van der Waals surface area contributed by atoms with Crippen molar-refractivity contribution in [3.05, 3.63) is 82.9 Å². The zero-order chi connectivity index (χ0) is 23.9. The Morgan fingerprint density at radius 2 is 1.71 bits per heavy atom. The molecule has 2 heterocycles. The highest BCUT2D eigenvalue weighted by Gasteiger charge is 2.32. The van der Waals surface area contributed by atoms with Crippen molar-refractivity contribution >= 4 is 44.9 Å². The molecule has 9 heteroatoms. The number of carbonyl (C=O) groups excluding carboxylic acids is 2. The van der Waals surface area contributed by atoms with E-state index in [0.717, 1.165) is 17.7 Å². The predicted octanol–water partition coefficient (Wildman–Crippen LogP) is 4.44. The van der Waals surface area contributed by atoms with Crippen LogP contribution >= 0.6 is 11.6 Å². The summed E-state index contributed by atoms with van der Waals surface area (Å²) in [7, 11) is -3.98. The molecule has 0 N–H and O–H groups in total. The molecule has 0 atom stereocenters. The van der Waals surface area contributed by atoms with Crippen LogP contribution in [0.1, 0.15) is 28.8 Å². The van der Waals surface area contributed by atoms with Crippen molar-refractivity contribution in [2.45, 2.75) is 24.2 Å². The average molecular weight is 497 g/mol. The summed E-state index contributed by atoms with van der Waals surface area (Å²) < 4.78 is 33.6. The van der Waals surface area contributed by atoms with Crippen LogP contribution < -0.4 is 13.9 Å². The smallest absolute Gasteiger partial charge is 0.343 e. The van der Waals surface area contributed by atoms with Crippen molar-refractivity contribution in [2.24, 2.45) is 0 Å². The van der Waals surface area contributed by atoms with Gasteiger partial charge in [-0.2, -0.15) is 0 Å². The molecule has 2 aliphatic rings. The quantitative estimate of drug-likeness (QED) is 0.385. The van der Waals surface area contributed by atoms with Gasteiger partial charge in [0.15, 0.2) is 0 Å². The fourth-order valence-corrected chi connectivity index (χ4v) is 6.29. The molecular weight excluding hydrogens is 476 g/mol. The predicted molar refractivity (Wildman–Crippen MR) is 129 cm³/mol. The number of ether oxygens (including phenoxy) is 1. The van der Waals surface area contributed by atoms with Gasteiger partial charge in [-0.3, -0.25) is 9.10 Å². The number of fused-ring (bicyclic) bond motifs is 1. The highest BCUT2D eigenvalue weighted by atomic mass is 35.5. The molecule has 0 radical (unpaired) electrons. The Labute approximate surface area is 202 Å². The van der Waals surface area contributed by atoms with E-state index in [0.29, 0.717) is 31.6 Å². The SMILES string of the molecule is O=C(Oc1ccc(N2CCCC2=O)cc1)c1ccc(Cl)c(S(=O)(=O)N2CCc3ccccc32)c1. The van der Waals surface area contributed by atoms with Crippen molar-refractivity contribution in [1.29, 1.82) is 0 Å². The molecule has 1 amide bonds. The van der Waals surface area contributed by atoms with Gasteiger partial charge < -0.3 is 9.64 Å². The van der Waals surface area contributed by atoms with Crippen molar-refractivity contribution in [3.63, 3.8) is 0 Å². The summed E-state index contributed by atoms with van der Waals surface area (Å²) in [6.45, 7) is 0.972. The number of benzene rings is 3. The van der Waals surface area contributed by atoms with Gasteiger partial charge in [0.25, 0.3) is 10.0 Å². The first-order valence-electron chi connectivity index (χ1n) is 10.9. The number of carbonyl (C=O) groups is 2. The zero-order valence-corrected chi connectivity index (χ0v) is 19.7. The van der Waals surface area contributed by atoms with Gasteiger partial charge >= 0.3 is 5.97 Å². The minimum atomic E-state index is -3.98. The molecule has 1 fully saturated rings. The van der Waals surface area contributed by atoms with E-state index < -0.39 is 16.0 Å². The molecule has 0 spiro atoms. The molecule has 0 saturated carbocycles. The average Bonchev–Trinajstić information content (AvgIpc) is 3.46. The molecule has 0 aliphatic carbocycles. The van der Waals surface area contributed by atoms with Gasteiger partial charge in [-0.15, -0.1) is 0 Å². The summed E-state index contributed by atoms with van der Waals surface area (Å²) >= 11 is 6.25. The molecule has 3 aromatic carbocycles. The number of halogens is 1. The fraction of sp³-hybridized carbons (Fsp3) is 0.200. The molecule has 7 nitrogen and oxygen atoms in total. The highest BCUT2D eigenvalue weighted by Crippen LogP contribution is 2.35. The molecule has 3 aromatic rings. The summed E-state index contributed by atoms with van der Waals surface area (Å²) in [5, 5.41) is 0.0283. The lowest BCUT2D eigenvalue weighted by atomic mass is 10.2. The maximum Gasteiger partial charge on any atom is 0.343 e. The summed E-state index contributed by atoms with van der Waals surface area (Å²) in [4.78, 5) is 26.2. The third-order valence-corrected chi connectivity index (χ3v) is 8.31. The fourth-order valence-electron chi connectivity index (χ4n) is 4.29. The standard InChI is InChI=1S/C25H21ClN2O5S/c26-21-12-7-18(16-23(21)34(31,32)28-15-13-17-4-1-2-5-22(17)28)25(30)33-20-10-8-19(9-11-20)27-14-3-6-24(27)29/h1-2,4-5,7-12,16H,3,6,13-15H2. The number of esters is 1. The lowest BCUT2D eigenvalue weighted by Gasteiger charge is -2.20. The maximum atomic E-state index is 13.4. The molecule has 34 heavy (non-hydrogen) atoms. The molecule has 0 bridgehead atoms. The van der Waals surface area contributed by atoms with Crippen molar-refractivity contribution in [2.75, 3.05) is 22.3 Å². The van der Waals surface area contributed by atoms with Crippen LogP contribution in [0.5, 0.6) is 5.75 Å². The van der Waals surface area contributed by atoms with Gasteiger partial charge in [-0.05, 0) is 66.9 Å². The Morgan fingerprint density at radius 1 is 0.941 bits per heavy atom. The van der Waals surface area contributed by atoms with Crippen molar-refractivity contribution in [3.8, 4) is 5.75 Å². The van der Waals surface area contributed by atoms with Crippen LogP contribution in [0.2, 0.25) is 5.02 Å². The maximum absolute atomic E-state index is 13.4. The highest BCUT2D eigenvalue weighted by molar-refractivity contribution is 7.93. The number of hydrogen-bond donors (Lipinski definition) is 0. The summed E-state index contributed by atoms with van der Waals surface area (Å²) in [6.07, 6.45) is 1.95. The van der Waals surface area contributed by atoms with E-state index in [-0.39, 0.29) is 27.1 Å². The van der Waals surface area contributed by atoms with E-state index in [4.69, 9.17) is 16.3 Å². The number of rotatable bonds is 5.